The first-order valence-electron chi connectivity index (χ1n) is 10.5. The van der Waals surface area contributed by atoms with Gasteiger partial charge < -0.3 is 5.32 Å². The first kappa shape index (κ1) is 23.5. The van der Waals surface area contributed by atoms with Crippen molar-refractivity contribution in [3.8, 4) is 0 Å². The van der Waals surface area contributed by atoms with E-state index in [0.29, 0.717) is 11.5 Å². The number of hydrogen-bond acceptors (Lipinski definition) is 6. The van der Waals surface area contributed by atoms with Crippen LogP contribution in [-0.4, -0.2) is 34.2 Å². The van der Waals surface area contributed by atoms with Crippen LogP contribution in [0.25, 0.3) is 0 Å². The Balaban J connectivity index is 1.64. The topological polar surface area (TPSA) is 114 Å². The maximum atomic E-state index is 12.8. The van der Waals surface area contributed by atoms with Gasteiger partial charge in [0.05, 0.1) is 4.92 Å². The van der Waals surface area contributed by atoms with Crippen LogP contribution in [-0.2, 0) is 10.5 Å². The van der Waals surface area contributed by atoms with Crippen molar-refractivity contribution in [2.75, 3.05) is 5.75 Å². The largest absolute Gasteiger partial charge is 0.339 e. The van der Waals surface area contributed by atoms with E-state index in [9.17, 15) is 19.7 Å². The lowest BCUT2D eigenvalue weighted by Gasteiger charge is -2.18. The average molecular weight is 455 g/mol. The number of carbonyl (C=O) groups is 2. The molecule has 32 heavy (non-hydrogen) atoms. The van der Waals surface area contributed by atoms with E-state index in [-0.39, 0.29) is 17.2 Å². The van der Waals surface area contributed by atoms with Gasteiger partial charge in [-0.15, -0.1) is 0 Å². The summed E-state index contributed by atoms with van der Waals surface area (Å²) in [4.78, 5) is 35.8. The molecule has 9 heteroatoms. The second kappa shape index (κ2) is 12.0. The lowest BCUT2D eigenvalue weighted by atomic mass is 9.99. The Bertz CT molecular complexity index is 956. The molecule has 2 N–H and O–H groups in total. The summed E-state index contributed by atoms with van der Waals surface area (Å²) in [6.07, 6.45) is 5.08. The first-order chi connectivity index (χ1) is 15.5. The zero-order valence-electron chi connectivity index (χ0n) is 17.7. The Morgan fingerprint density at radius 2 is 1.72 bits per heavy atom. The molecule has 1 aliphatic rings. The molecule has 2 aromatic rings. The fraction of sp³-hybridized carbons (Fsp3) is 0.348. The van der Waals surface area contributed by atoms with Crippen molar-refractivity contribution < 1.29 is 14.5 Å². The van der Waals surface area contributed by atoms with Crippen molar-refractivity contribution in [2.24, 2.45) is 5.10 Å². The smallest absolute Gasteiger partial charge is 0.269 e. The molecule has 2 aromatic carbocycles. The van der Waals surface area contributed by atoms with Crippen LogP contribution in [0.15, 0.2) is 59.7 Å². The summed E-state index contributed by atoms with van der Waals surface area (Å²) in [7, 11) is 0. The minimum atomic E-state index is -0.792. The van der Waals surface area contributed by atoms with Crippen LogP contribution in [0.3, 0.4) is 0 Å². The quantitative estimate of drug-likeness (QED) is 0.438. The second-order valence-corrected chi connectivity index (χ2v) is 8.58. The Morgan fingerprint density at radius 3 is 2.38 bits per heavy atom. The van der Waals surface area contributed by atoms with Crippen LogP contribution < -0.4 is 10.7 Å². The number of nitrogens with one attached hydrogen (secondary N) is 2. The number of nitrogens with zero attached hydrogens (tertiary/aromatic N) is 2. The molecule has 1 aliphatic carbocycles. The summed E-state index contributed by atoms with van der Waals surface area (Å²) in [5, 5.41) is 17.8. The van der Waals surface area contributed by atoms with Gasteiger partial charge in [-0.25, -0.2) is 5.43 Å². The number of nitro benzene ring substituents is 1. The van der Waals surface area contributed by atoms with Crippen molar-refractivity contribution in [1.29, 1.82) is 0 Å². The van der Waals surface area contributed by atoms with Crippen molar-refractivity contribution >= 4 is 35.0 Å². The highest BCUT2D eigenvalue weighted by molar-refractivity contribution is 7.98. The lowest BCUT2D eigenvalue weighted by Crippen LogP contribution is -2.47. The monoisotopic (exact) mass is 454 g/mol. The van der Waals surface area contributed by atoms with E-state index >= 15 is 0 Å². The van der Waals surface area contributed by atoms with E-state index in [1.165, 1.54) is 42.4 Å². The zero-order valence-corrected chi connectivity index (χ0v) is 18.5. The third kappa shape index (κ3) is 7.19. The van der Waals surface area contributed by atoms with E-state index < -0.39 is 16.9 Å². The van der Waals surface area contributed by atoms with E-state index in [0.717, 1.165) is 37.0 Å². The van der Waals surface area contributed by atoms with Gasteiger partial charge in [0.1, 0.15) is 6.04 Å². The van der Waals surface area contributed by atoms with Crippen LogP contribution in [0.1, 0.15) is 48.0 Å². The summed E-state index contributed by atoms with van der Waals surface area (Å²) in [5.74, 6) is 0.223. The van der Waals surface area contributed by atoms with Gasteiger partial charge in [0.15, 0.2) is 0 Å². The summed E-state index contributed by atoms with van der Waals surface area (Å²) < 4.78 is 0. The number of hydrogen-bond donors (Lipinski definition) is 2. The summed E-state index contributed by atoms with van der Waals surface area (Å²) in [6, 6.07) is 14.4. The third-order valence-electron chi connectivity index (χ3n) is 5.11. The molecule has 2 amide bonds. The standard InChI is InChI=1S/C23H26N4O4S/c28-22(18-11-13-20(14-12-18)27(30)31)24-21(16-32-15-17-7-3-1-4-8-17)23(29)26-25-19-9-5-2-6-10-19/h1,3-4,7-8,11-14,21H,2,5-6,9-10,15-16H2,(H,24,28)(H,26,29). The van der Waals surface area contributed by atoms with Gasteiger partial charge in [-0.05, 0) is 43.4 Å². The van der Waals surface area contributed by atoms with Crippen molar-refractivity contribution in [1.82, 2.24) is 10.7 Å². The van der Waals surface area contributed by atoms with Gasteiger partial charge in [0.2, 0.25) is 0 Å². The SMILES string of the molecule is O=C(NC(CSCc1ccccc1)C(=O)NN=C1CCCCC1)c1ccc([N+](=O)[O-])cc1. The summed E-state index contributed by atoms with van der Waals surface area (Å²) in [5.41, 5.74) is 4.86. The van der Waals surface area contributed by atoms with Crippen LogP contribution >= 0.6 is 11.8 Å². The van der Waals surface area contributed by atoms with Gasteiger partial charge in [-0.1, -0.05) is 36.8 Å². The maximum absolute atomic E-state index is 12.8. The predicted octanol–water partition coefficient (Wildman–Crippen LogP) is 4.06. The molecule has 0 radical (unpaired) electrons. The Hall–Kier alpha value is -3.20. The van der Waals surface area contributed by atoms with E-state index in [1.54, 1.807) is 0 Å². The van der Waals surface area contributed by atoms with Crippen LogP contribution in [0, 0.1) is 10.1 Å². The highest BCUT2D eigenvalue weighted by Gasteiger charge is 2.22. The normalized spacial score (nSPS) is 14.3. The molecule has 0 aromatic heterocycles. The molecular formula is C23H26N4O4S. The number of thioether (sulfide) groups is 1. The number of carbonyl (C=O) groups excluding carboxylic acids is 2. The molecule has 0 bridgehead atoms. The molecule has 0 saturated heterocycles. The minimum Gasteiger partial charge on any atom is -0.339 e. The fourth-order valence-corrected chi connectivity index (χ4v) is 4.33. The maximum Gasteiger partial charge on any atom is 0.269 e. The molecule has 0 heterocycles. The fourth-order valence-electron chi connectivity index (χ4n) is 3.31. The number of benzene rings is 2. The number of nitro groups is 1. The number of hydrazone groups is 1. The summed E-state index contributed by atoms with van der Waals surface area (Å²) >= 11 is 1.53. The second-order valence-electron chi connectivity index (χ2n) is 7.55. The molecule has 0 spiro atoms. The van der Waals surface area contributed by atoms with Crippen LogP contribution in [0.5, 0.6) is 0 Å². The van der Waals surface area contributed by atoms with Crippen molar-refractivity contribution in [3.63, 3.8) is 0 Å². The highest BCUT2D eigenvalue weighted by atomic mass is 32.2. The van der Waals surface area contributed by atoms with Gasteiger partial charge in [0.25, 0.3) is 17.5 Å². The molecule has 1 atom stereocenters. The lowest BCUT2D eigenvalue weighted by molar-refractivity contribution is -0.384. The molecule has 1 unspecified atom stereocenters. The zero-order chi connectivity index (χ0) is 22.8. The minimum absolute atomic E-state index is 0.0995. The Morgan fingerprint density at radius 1 is 1.03 bits per heavy atom. The predicted molar refractivity (Wildman–Crippen MR) is 126 cm³/mol. The molecule has 1 fully saturated rings. The van der Waals surface area contributed by atoms with Crippen molar-refractivity contribution in [3.05, 3.63) is 75.8 Å². The van der Waals surface area contributed by atoms with Gasteiger partial charge in [0, 0.05) is 34.9 Å². The number of amides is 2. The molecule has 3 rings (SSSR count). The highest BCUT2D eigenvalue weighted by Crippen LogP contribution is 2.16. The molecule has 1 saturated carbocycles. The van der Waals surface area contributed by atoms with Crippen LogP contribution in [0.2, 0.25) is 0 Å². The van der Waals surface area contributed by atoms with Gasteiger partial charge >= 0.3 is 0 Å². The summed E-state index contributed by atoms with van der Waals surface area (Å²) in [6.45, 7) is 0. The van der Waals surface area contributed by atoms with Gasteiger partial charge in [-0.3, -0.25) is 19.7 Å². The average Bonchev–Trinajstić information content (AvgIpc) is 2.83. The number of non-ortho nitro benzene ring substituents is 1. The van der Waals surface area contributed by atoms with Crippen LogP contribution in [0.4, 0.5) is 5.69 Å². The first-order valence-corrected chi connectivity index (χ1v) is 11.7. The van der Waals surface area contributed by atoms with Gasteiger partial charge in [-0.2, -0.15) is 16.9 Å². The van der Waals surface area contributed by atoms with E-state index in [2.05, 4.69) is 15.8 Å². The Kier molecular flexibility index (Phi) is 8.79. The van der Waals surface area contributed by atoms with E-state index in [1.807, 2.05) is 30.3 Å². The Labute approximate surface area is 191 Å². The van der Waals surface area contributed by atoms with Crippen molar-refractivity contribution in [2.45, 2.75) is 43.9 Å². The molecule has 8 nitrogen and oxygen atoms in total. The number of rotatable bonds is 9. The molecular weight excluding hydrogens is 428 g/mol. The molecule has 0 aliphatic heterocycles. The third-order valence-corrected chi connectivity index (χ3v) is 6.22. The van der Waals surface area contributed by atoms with E-state index in [4.69, 9.17) is 0 Å². The molecule has 168 valence electrons.